The van der Waals surface area contributed by atoms with E-state index in [0.29, 0.717) is 23.5 Å². The van der Waals surface area contributed by atoms with Crippen molar-refractivity contribution in [2.24, 2.45) is 5.73 Å². The number of hydrogen-bond acceptors (Lipinski definition) is 4. The van der Waals surface area contributed by atoms with E-state index >= 15 is 0 Å². The van der Waals surface area contributed by atoms with Crippen LogP contribution in [0.2, 0.25) is 0 Å². The zero-order valence-electron chi connectivity index (χ0n) is 10.6. The molecule has 0 unspecified atom stereocenters. The lowest BCUT2D eigenvalue weighted by Gasteiger charge is -2.27. The van der Waals surface area contributed by atoms with Gasteiger partial charge in [0.1, 0.15) is 5.75 Å². The number of rotatable bonds is 4. The minimum absolute atomic E-state index is 0.196. The predicted molar refractivity (Wildman–Crippen MR) is 70.4 cm³/mol. The van der Waals surface area contributed by atoms with Crippen molar-refractivity contribution in [3.63, 3.8) is 0 Å². The van der Waals surface area contributed by atoms with Gasteiger partial charge < -0.3 is 10.5 Å². The fraction of sp³-hybridized carbons (Fsp3) is 0.538. The molecule has 1 fully saturated rings. The fourth-order valence-corrected chi connectivity index (χ4v) is 4.65. The second kappa shape index (κ2) is 4.90. The van der Waals surface area contributed by atoms with Gasteiger partial charge in [-0.3, -0.25) is 0 Å². The molecular formula is C13H19NO3S. The third-order valence-corrected chi connectivity index (χ3v) is 6.43. The lowest BCUT2D eigenvalue weighted by Crippen LogP contribution is -2.43. The largest absolute Gasteiger partial charge is 0.497 e. The second-order valence-corrected chi connectivity index (χ2v) is 7.12. The highest BCUT2D eigenvalue weighted by molar-refractivity contribution is 7.92. The van der Waals surface area contributed by atoms with Crippen LogP contribution in [-0.4, -0.2) is 26.8 Å². The summed E-state index contributed by atoms with van der Waals surface area (Å²) in [6.45, 7) is 0.196. The lowest BCUT2D eigenvalue weighted by atomic mass is 10.1. The van der Waals surface area contributed by atoms with Crippen LogP contribution < -0.4 is 10.5 Å². The molecule has 0 saturated heterocycles. The Hall–Kier alpha value is -1.07. The van der Waals surface area contributed by atoms with Gasteiger partial charge in [-0.2, -0.15) is 0 Å². The van der Waals surface area contributed by atoms with Crippen LogP contribution in [0.15, 0.2) is 29.2 Å². The van der Waals surface area contributed by atoms with Gasteiger partial charge in [-0.05, 0) is 37.1 Å². The summed E-state index contributed by atoms with van der Waals surface area (Å²) in [4.78, 5) is 0.343. The van der Waals surface area contributed by atoms with E-state index in [4.69, 9.17) is 10.5 Å². The zero-order chi connectivity index (χ0) is 13.2. The standard InChI is InChI=1S/C13H19NO3S/c1-17-11-4-6-12(7-5-11)18(15,16)13(10-14)8-2-3-9-13/h4-7H,2-3,8-10,14H2,1H3. The minimum atomic E-state index is -3.36. The maximum absolute atomic E-state index is 12.7. The van der Waals surface area contributed by atoms with Crippen molar-refractivity contribution >= 4 is 9.84 Å². The molecule has 1 aromatic rings. The van der Waals surface area contributed by atoms with Gasteiger partial charge in [0.25, 0.3) is 0 Å². The summed E-state index contributed by atoms with van der Waals surface area (Å²) >= 11 is 0. The number of hydrogen-bond donors (Lipinski definition) is 1. The molecule has 0 heterocycles. The quantitative estimate of drug-likeness (QED) is 0.904. The van der Waals surface area contributed by atoms with Crippen LogP contribution >= 0.6 is 0 Å². The molecule has 0 aliphatic heterocycles. The van der Waals surface area contributed by atoms with Gasteiger partial charge in [0.15, 0.2) is 9.84 Å². The molecule has 0 radical (unpaired) electrons. The van der Waals surface area contributed by atoms with Gasteiger partial charge in [0.05, 0.1) is 16.8 Å². The van der Waals surface area contributed by atoms with E-state index in [1.54, 1.807) is 31.4 Å². The van der Waals surface area contributed by atoms with E-state index in [9.17, 15) is 8.42 Å². The minimum Gasteiger partial charge on any atom is -0.497 e. The SMILES string of the molecule is COc1ccc(S(=O)(=O)C2(CN)CCCC2)cc1. The van der Waals surface area contributed by atoms with Crippen LogP contribution in [0.1, 0.15) is 25.7 Å². The van der Waals surface area contributed by atoms with E-state index < -0.39 is 14.6 Å². The normalized spacial score (nSPS) is 18.8. The van der Waals surface area contributed by atoms with Crippen LogP contribution in [0, 0.1) is 0 Å². The van der Waals surface area contributed by atoms with E-state index in [2.05, 4.69) is 0 Å². The first-order valence-electron chi connectivity index (χ1n) is 6.14. The molecule has 0 amide bonds. The van der Waals surface area contributed by atoms with Gasteiger partial charge in [-0.25, -0.2) is 8.42 Å². The molecule has 18 heavy (non-hydrogen) atoms. The fourth-order valence-electron chi connectivity index (χ4n) is 2.61. The van der Waals surface area contributed by atoms with E-state index in [1.807, 2.05) is 0 Å². The molecule has 1 aliphatic carbocycles. The van der Waals surface area contributed by atoms with Crippen molar-refractivity contribution in [2.75, 3.05) is 13.7 Å². The molecule has 0 aromatic heterocycles. The van der Waals surface area contributed by atoms with Gasteiger partial charge in [-0.15, -0.1) is 0 Å². The average molecular weight is 269 g/mol. The van der Waals surface area contributed by atoms with E-state index in [0.717, 1.165) is 12.8 Å². The number of ether oxygens (including phenoxy) is 1. The van der Waals surface area contributed by atoms with Gasteiger partial charge in [0, 0.05) is 6.54 Å². The zero-order valence-corrected chi connectivity index (χ0v) is 11.4. The van der Waals surface area contributed by atoms with Gasteiger partial charge in [0.2, 0.25) is 0 Å². The Morgan fingerprint density at radius 2 is 1.78 bits per heavy atom. The summed E-state index contributed by atoms with van der Waals surface area (Å²) in [7, 11) is -1.80. The first-order valence-corrected chi connectivity index (χ1v) is 7.63. The summed E-state index contributed by atoms with van der Waals surface area (Å²) in [5.74, 6) is 0.655. The molecule has 1 aliphatic rings. The molecule has 1 saturated carbocycles. The van der Waals surface area contributed by atoms with Crippen molar-refractivity contribution < 1.29 is 13.2 Å². The Balaban J connectivity index is 2.40. The maximum atomic E-state index is 12.7. The highest BCUT2D eigenvalue weighted by Crippen LogP contribution is 2.39. The Labute approximate surface area is 108 Å². The highest BCUT2D eigenvalue weighted by atomic mass is 32.2. The van der Waals surface area contributed by atoms with Gasteiger partial charge in [-0.1, -0.05) is 12.8 Å². The van der Waals surface area contributed by atoms with E-state index in [-0.39, 0.29) is 6.54 Å². The molecule has 2 rings (SSSR count). The third kappa shape index (κ3) is 2.01. The smallest absolute Gasteiger partial charge is 0.185 e. The predicted octanol–water partition coefficient (Wildman–Crippen LogP) is 1.74. The number of benzene rings is 1. The summed E-state index contributed by atoms with van der Waals surface area (Å²) in [6, 6.07) is 6.55. The number of methoxy groups -OCH3 is 1. The molecule has 1 aromatic carbocycles. The lowest BCUT2D eigenvalue weighted by molar-refractivity contribution is 0.414. The molecule has 0 atom stereocenters. The molecule has 2 N–H and O–H groups in total. The first kappa shape index (κ1) is 13.4. The molecule has 4 nitrogen and oxygen atoms in total. The Morgan fingerprint density at radius 1 is 1.22 bits per heavy atom. The third-order valence-electron chi connectivity index (χ3n) is 3.83. The van der Waals surface area contributed by atoms with Crippen molar-refractivity contribution in [3.8, 4) is 5.75 Å². The van der Waals surface area contributed by atoms with Crippen molar-refractivity contribution in [2.45, 2.75) is 35.3 Å². The second-order valence-electron chi connectivity index (χ2n) is 4.77. The monoisotopic (exact) mass is 269 g/mol. The van der Waals surface area contributed by atoms with Crippen LogP contribution in [0.4, 0.5) is 0 Å². The van der Waals surface area contributed by atoms with Crippen LogP contribution in [0.25, 0.3) is 0 Å². The van der Waals surface area contributed by atoms with Crippen molar-refractivity contribution in [1.29, 1.82) is 0 Å². The average Bonchev–Trinajstić information content (AvgIpc) is 2.89. The van der Waals surface area contributed by atoms with Crippen molar-refractivity contribution in [3.05, 3.63) is 24.3 Å². The summed E-state index contributed by atoms with van der Waals surface area (Å²) in [5.41, 5.74) is 5.74. The topological polar surface area (TPSA) is 69.4 Å². The summed E-state index contributed by atoms with van der Waals surface area (Å²) in [5, 5.41) is 0. The number of sulfone groups is 1. The van der Waals surface area contributed by atoms with Crippen LogP contribution in [-0.2, 0) is 9.84 Å². The van der Waals surface area contributed by atoms with Crippen LogP contribution in [0.5, 0.6) is 5.75 Å². The summed E-state index contributed by atoms with van der Waals surface area (Å²) < 4.78 is 29.6. The first-order chi connectivity index (χ1) is 8.55. The molecule has 0 bridgehead atoms. The summed E-state index contributed by atoms with van der Waals surface area (Å²) in [6.07, 6.45) is 3.20. The number of nitrogens with two attached hydrogens (primary N) is 1. The Bertz CT molecular complexity index is 502. The van der Waals surface area contributed by atoms with Crippen molar-refractivity contribution in [1.82, 2.24) is 0 Å². The highest BCUT2D eigenvalue weighted by Gasteiger charge is 2.45. The molecule has 100 valence electrons. The Morgan fingerprint density at radius 3 is 2.22 bits per heavy atom. The molecule has 0 spiro atoms. The van der Waals surface area contributed by atoms with Gasteiger partial charge >= 0.3 is 0 Å². The molecule has 5 heteroatoms. The maximum Gasteiger partial charge on any atom is 0.185 e. The van der Waals surface area contributed by atoms with Crippen LogP contribution in [0.3, 0.4) is 0 Å². The Kier molecular flexibility index (Phi) is 3.64. The molecular weight excluding hydrogens is 250 g/mol. The van der Waals surface area contributed by atoms with E-state index in [1.165, 1.54) is 0 Å².